The molecule has 4 nitrogen and oxygen atoms in total. The van der Waals surface area contributed by atoms with Crippen molar-refractivity contribution in [3.05, 3.63) is 35.5 Å². The molecule has 2 heterocycles. The van der Waals surface area contributed by atoms with Crippen LogP contribution in [0.4, 0.5) is 0 Å². The predicted molar refractivity (Wildman–Crippen MR) is 95.1 cm³/mol. The first kappa shape index (κ1) is 15.7. The van der Waals surface area contributed by atoms with Crippen molar-refractivity contribution in [3.63, 3.8) is 0 Å². The van der Waals surface area contributed by atoms with Gasteiger partial charge in [0.2, 0.25) is 0 Å². The fourth-order valence-corrected chi connectivity index (χ4v) is 4.95. The number of para-hydroxylation sites is 1. The van der Waals surface area contributed by atoms with Crippen molar-refractivity contribution in [2.75, 3.05) is 13.7 Å². The molecule has 2 N–H and O–H groups in total. The highest BCUT2D eigenvalue weighted by Crippen LogP contribution is 2.44. The predicted octanol–water partition coefficient (Wildman–Crippen LogP) is 3.38. The molecule has 1 aromatic heterocycles. The zero-order valence-electron chi connectivity index (χ0n) is 14.5. The molecule has 4 rings (SSSR count). The monoisotopic (exact) mass is 326 g/mol. The number of carbonyl (C=O) groups excluding carboxylic acids is 1. The molecule has 1 aliphatic carbocycles. The summed E-state index contributed by atoms with van der Waals surface area (Å²) in [5, 5.41) is 5.12. The molecule has 1 aromatic carbocycles. The molecule has 1 aliphatic heterocycles. The van der Waals surface area contributed by atoms with Crippen LogP contribution in [0.15, 0.2) is 24.3 Å². The Hall–Kier alpha value is -1.81. The average molecular weight is 326 g/mol. The zero-order valence-corrected chi connectivity index (χ0v) is 14.5. The minimum Gasteiger partial charge on any atom is -0.469 e. The third kappa shape index (κ3) is 2.44. The second-order valence-electron chi connectivity index (χ2n) is 7.26. The number of H-pyrrole nitrogens is 1. The third-order valence-electron chi connectivity index (χ3n) is 6.10. The molecule has 4 heteroatoms. The number of fused-ring (bicyclic) bond motifs is 5. The van der Waals surface area contributed by atoms with E-state index >= 15 is 0 Å². The number of ether oxygens (including phenoxy) is 1. The van der Waals surface area contributed by atoms with Crippen LogP contribution in [-0.2, 0) is 16.0 Å². The first-order valence-corrected chi connectivity index (χ1v) is 9.13. The van der Waals surface area contributed by atoms with Gasteiger partial charge in [-0.2, -0.15) is 0 Å². The molecule has 4 atom stereocenters. The van der Waals surface area contributed by atoms with E-state index in [0.717, 1.165) is 32.2 Å². The van der Waals surface area contributed by atoms with E-state index in [1.54, 1.807) is 0 Å². The number of rotatable bonds is 2. The van der Waals surface area contributed by atoms with Gasteiger partial charge in [0.1, 0.15) is 0 Å². The smallest absolute Gasteiger partial charge is 0.308 e. The second-order valence-corrected chi connectivity index (χ2v) is 7.26. The Morgan fingerprint density at radius 2 is 2.12 bits per heavy atom. The molecular formula is C20H26N2O2. The summed E-state index contributed by atoms with van der Waals surface area (Å²) in [5.74, 6) is 0.845. The van der Waals surface area contributed by atoms with Gasteiger partial charge < -0.3 is 15.0 Å². The lowest BCUT2D eigenvalue weighted by molar-refractivity contribution is -0.147. The number of esters is 1. The van der Waals surface area contributed by atoms with Gasteiger partial charge in [0.15, 0.2) is 0 Å². The Morgan fingerprint density at radius 3 is 2.92 bits per heavy atom. The van der Waals surface area contributed by atoms with Crippen LogP contribution in [0.25, 0.3) is 10.9 Å². The summed E-state index contributed by atoms with van der Waals surface area (Å²) in [5.41, 5.74) is 4.00. The van der Waals surface area contributed by atoms with Crippen molar-refractivity contribution in [2.24, 2.45) is 11.8 Å². The molecule has 24 heavy (non-hydrogen) atoms. The first-order chi connectivity index (χ1) is 11.7. The van der Waals surface area contributed by atoms with E-state index < -0.39 is 0 Å². The van der Waals surface area contributed by atoms with Crippen molar-refractivity contribution in [1.29, 1.82) is 0 Å². The number of benzene rings is 1. The summed E-state index contributed by atoms with van der Waals surface area (Å²) < 4.78 is 5.07. The molecule has 1 unspecified atom stereocenters. The van der Waals surface area contributed by atoms with Crippen molar-refractivity contribution in [1.82, 2.24) is 10.3 Å². The van der Waals surface area contributed by atoms with Crippen molar-refractivity contribution < 1.29 is 9.53 Å². The molecule has 0 amide bonds. The van der Waals surface area contributed by atoms with E-state index in [4.69, 9.17) is 4.74 Å². The lowest BCUT2D eigenvalue weighted by atomic mass is 9.69. The molecule has 128 valence electrons. The normalized spacial score (nSPS) is 29.6. The molecule has 2 aromatic rings. The number of hydrogen-bond acceptors (Lipinski definition) is 3. The van der Waals surface area contributed by atoms with E-state index in [1.165, 1.54) is 29.3 Å². The van der Waals surface area contributed by atoms with Crippen LogP contribution >= 0.6 is 0 Å². The Morgan fingerprint density at radius 1 is 1.29 bits per heavy atom. The van der Waals surface area contributed by atoms with Crippen LogP contribution in [0.2, 0.25) is 0 Å². The number of carbonyl (C=O) groups is 1. The summed E-state index contributed by atoms with van der Waals surface area (Å²) in [6.07, 6.45) is 3.95. The van der Waals surface area contributed by atoms with Crippen molar-refractivity contribution in [2.45, 2.75) is 44.6 Å². The highest BCUT2D eigenvalue weighted by Gasteiger charge is 2.42. The van der Waals surface area contributed by atoms with Crippen LogP contribution in [0.1, 0.15) is 43.4 Å². The topological polar surface area (TPSA) is 54.1 Å². The third-order valence-corrected chi connectivity index (χ3v) is 6.10. The van der Waals surface area contributed by atoms with Gasteiger partial charge >= 0.3 is 5.97 Å². The molecule has 0 saturated heterocycles. The van der Waals surface area contributed by atoms with Gasteiger partial charge in [-0.1, -0.05) is 31.5 Å². The maximum absolute atomic E-state index is 12.2. The Bertz CT molecular complexity index is 751. The van der Waals surface area contributed by atoms with Crippen LogP contribution in [0.3, 0.4) is 0 Å². The quantitative estimate of drug-likeness (QED) is 0.832. The van der Waals surface area contributed by atoms with Gasteiger partial charge in [-0.05, 0) is 43.4 Å². The summed E-state index contributed by atoms with van der Waals surface area (Å²) in [6.45, 7) is 3.25. The maximum Gasteiger partial charge on any atom is 0.308 e. The number of aromatic nitrogens is 1. The van der Waals surface area contributed by atoms with Crippen molar-refractivity contribution >= 4 is 16.9 Å². The largest absolute Gasteiger partial charge is 0.469 e. The number of nitrogens with one attached hydrogen (secondary N) is 2. The fraction of sp³-hybridized carbons (Fsp3) is 0.550. The van der Waals surface area contributed by atoms with E-state index in [1.807, 2.05) is 0 Å². The molecule has 0 radical (unpaired) electrons. The van der Waals surface area contributed by atoms with Gasteiger partial charge in [0.05, 0.1) is 13.0 Å². The van der Waals surface area contributed by atoms with Crippen LogP contribution in [-0.4, -0.2) is 30.6 Å². The molecule has 1 fully saturated rings. The minimum absolute atomic E-state index is 0.0142. The van der Waals surface area contributed by atoms with E-state index in [0.29, 0.717) is 17.9 Å². The highest BCUT2D eigenvalue weighted by atomic mass is 16.5. The summed E-state index contributed by atoms with van der Waals surface area (Å²) in [7, 11) is 1.51. The first-order valence-electron chi connectivity index (χ1n) is 9.13. The molecule has 0 spiro atoms. The van der Waals surface area contributed by atoms with Gasteiger partial charge in [-0.25, -0.2) is 0 Å². The van der Waals surface area contributed by atoms with Crippen LogP contribution < -0.4 is 5.32 Å². The Balaban J connectivity index is 1.79. The lowest BCUT2D eigenvalue weighted by Gasteiger charge is -2.40. The molecule has 0 bridgehead atoms. The number of aromatic amines is 1. The Labute approximate surface area is 143 Å². The average Bonchev–Trinajstić information content (AvgIpc) is 2.89. The summed E-state index contributed by atoms with van der Waals surface area (Å²) >= 11 is 0. The number of methoxy groups -OCH3 is 1. The van der Waals surface area contributed by atoms with E-state index in [9.17, 15) is 4.79 Å². The molecule has 2 aliphatic rings. The SMILES string of the molecule is CC[C@@H]1CC(C(=O)OC)C[C@H]2c3[nH]c4ccccc4c3CCN[C@@H]12. The standard InChI is InChI=1S/C20H26N2O2/c1-3-12-10-13(20(23)24-2)11-16-18(12)21-9-8-15-14-6-4-5-7-17(14)22-19(15)16/h4-7,12-13,16,18,21-22H,3,8-11H2,1-2H3/t12-,13?,16-,18+/m1/s1. The van der Waals surface area contributed by atoms with Crippen molar-refractivity contribution in [3.8, 4) is 0 Å². The van der Waals surface area contributed by atoms with E-state index in [2.05, 4.69) is 41.5 Å². The second kappa shape index (κ2) is 6.25. The van der Waals surface area contributed by atoms with Gasteiger partial charge in [-0.3, -0.25) is 4.79 Å². The van der Waals surface area contributed by atoms with Crippen LogP contribution in [0, 0.1) is 11.8 Å². The number of hydrogen-bond donors (Lipinski definition) is 2. The van der Waals surface area contributed by atoms with Crippen LogP contribution in [0.5, 0.6) is 0 Å². The van der Waals surface area contributed by atoms with E-state index in [-0.39, 0.29) is 11.9 Å². The van der Waals surface area contributed by atoms with Gasteiger partial charge in [-0.15, -0.1) is 0 Å². The van der Waals surface area contributed by atoms with Gasteiger partial charge in [0.25, 0.3) is 0 Å². The summed E-state index contributed by atoms with van der Waals surface area (Å²) in [6, 6.07) is 9.01. The highest BCUT2D eigenvalue weighted by molar-refractivity contribution is 5.85. The molecular weight excluding hydrogens is 300 g/mol. The molecule has 1 saturated carbocycles. The zero-order chi connectivity index (χ0) is 16.7. The maximum atomic E-state index is 12.2. The minimum atomic E-state index is -0.0474. The fourth-order valence-electron chi connectivity index (χ4n) is 4.95. The summed E-state index contributed by atoms with van der Waals surface area (Å²) in [4.78, 5) is 15.9. The van der Waals surface area contributed by atoms with Gasteiger partial charge in [0, 0.05) is 28.6 Å². The Kier molecular flexibility index (Phi) is 4.09. The lowest BCUT2D eigenvalue weighted by Crippen LogP contribution is -2.46.